The van der Waals surface area contributed by atoms with Crippen molar-refractivity contribution >= 4 is 35.1 Å². The van der Waals surface area contributed by atoms with Crippen molar-refractivity contribution in [1.29, 1.82) is 0 Å². The van der Waals surface area contributed by atoms with E-state index in [4.69, 9.17) is 25.2 Å². The second kappa shape index (κ2) is 14.2. The summed E-state index contributed by atoms with van der Waals surface area (Å²) in [6.45, 7) is 9.79. The molecule has 42 heavy (non-hydrogen) atoms. The van der Waals surface area contributed by atoms with Gasteiger partial charge in [-0.1, -0.05) is 6.92 Å². The van der Waals surface area contributed by atoms with Gasteiger partial charge in [-0.2, -0.15) is 4.98 Å². The topological polar surface area (TPSA) is 147 Å². The minimum absolute atomic E-state index is 0.196. The largest absolute Gasteiger partial charge is 0.385 e. The van der Waals surface area contributed by atoms with Crippen LogP contribution < -0.4 is 26.2 Å². The molecule has 2 aliphatic rings. The van der Waals surface area contributed by atoms with E-state index in [0.29, 0.717) is 62.4 Å². The highest BCUT2D eigenvalue weighted by atomic mass is 16.5. The van der Waals surface area contributed by atoms with Crippen molar-refractivity contribution in [2.24, 2.45) is 0 Å². The smallest absolute Gasteiger partial charge is 0.327 e. The fraction of sp³-hybridized carbons (Fsp3) is 0.483. The third kappa shape index (κ3) is 7.22. The van der Waals surface area contributed by atoms with Crippen LogP contribution in [0.4, 0.5) is 33.9 Å². The van der Waals surface area contributed by atoms with E-state index in [1.807, 2.05) is 24.3 Å². The zero-order chi connectivity index (χ0) is 29.3. The quantitative estimate of drug-likeness (QED) is 0.274. The second-order valence-corrected chi connectivity index (χ2v) is 10.2. The lowest BCUT2D eigenvalue weighted by atomic mass is 10.1. The molecule has 5 rings (SSSR count). The van der Waals surface area contributed by atoms with E-state index in [1.165, 1.54) is 0 Å². The maximum Gasteiger partial charge on any atom is 0.327 e. The van der Waals surface area contributed by atoms with E-state index in [2.05, 4.69) is 37.3 Å². The fourth-order valence-corrected chi connectivity index (χ4v) is 5.09. The summed E-state index contributed by atoms with van der Waals surface area (Å²) in [5, 5.41) is 6.49. The molecule has 224 valence electrons. The first-order valence-electron chi connectivity index (χ1n) is 14.5. The lowest BCUT2D eigenvalue weighted by Gasteiger charge is -2.28. The molecular formula is C29H40N10O3. The number of benzene rings is 1. The van der Waals surface area contributed by atoms with Gasteiger partial charge in [0.15, 0.2) is 0 Å². The number of hydrogen-bond donors (Lipinski definition) is 3. The Labute approximate surface area is 246 Å². The van der Waals surface area contributed by atoms with Crippen LogP contribution in [0.2, 0.25) is 0 Å². The Hall–Kier alpha value is -4.07. The van der Waals surface area contributed by atoms with Gasteiger partial charge in [-0.3, -0.25) is 4.90 Å². The highest BCUT2D eigenvalue weighted by Crippen LogP contribution is 2.35. The Balaban J connectivity index is 1.25. The molecule has 0 radical (unpaired) electrons. The summed E-state index contributed by atoms with van der Waals surface area (Å²) in [7, 11) is 1.73. The fourth-order valence-electron chi connectivity index (χ4n) is 5.09. The molecule has 13 nitrogen and oxygen atoms in total. The predicted octanol–water partition coefficient (Wildman–Crippen LogP) is 2.72. The van der Waals surface area contributed by atoms with Gasteiger partial charge in [-0.15, -0.1) is 0 Å². The molecule has 0 spiro atoms. The molecule has 0 atom stereocenters. The molecule has 1 aromatic carbocycles. The zero-order valence-electron chi connectivity index (χ0n) is 24.4. The Kier molecular flexibility index (Phi) is 9.95. The minimum Gasteiger partial charge on any atom is -0.385 e. The van der Waals surface area contributed by atoms with Crippen molar-refractivity contribution < 1.29 is 14.3 Å². The molecule has 2 amide bonds. The number of nitrogens with zero attached hydrogens (tertiary/aromatic N) is 7. The maximum absolute atomic E-state index is 13.5. The first-order valence-corrected chi connectivity index (χ1v) is 14.5. The molecule has 1 saturated heterocycles. The predicted molar refractivity (Wildman–Crippen MR) is 164 cm³/mol. The number of likely N-dealkylation sites (N-methyl/N-ethyl adjacent to an activating group) is 1. The zero-order valence-corrected chi connectivity index (χ0v) is 24.4. The van der Waals surface area contributed by atoms with Crippen molar-refractivity contribution in [3.05, 3.63) is 42.2 Å². The van der Waals surface area contributed by atoms with Gasteiger partial charge < -0.3 is 35.6 Å². The number of aromatic nitrogens is 4. The van der Waals surface area contributed by atoms with Crippen LogP contribution in [0.1, 0.15) is 18.9 Å². The highest BCUT2D eigenvalue weighted by molar-refractivity contribution is 6.03. The lowest BCUT2D eigenvalue weighted by Crippen LogP contribution is -2.38. The van der Waals surface area contributed by atoms with E-state index in [-0.39, 0.29) is 12.0 Å². The minimum atomic E-state index is -0.240. The number of urea groups is 1. The molecular weight excluding hydrogens is 536 g/mol. The van der Waals surface area contributed by atoms with Gasteiger partial charge >= 0.3 is 6.03 Å². The summed E-state index contributed by atoms with van der Waals surface area (Å²) < 4.78 is 10.7. The van der Waals surface area contributed by atoms with Gasteiger partial charge in [0.2, 0.25) is 11.9 Å². The van der Waals surface area contributed by atoms with Crippen molar-refractivity contribution in [2.75, 3.05) is 98.9 Å². The average Bonchev–Trinajstić information content (AvgIpc) is 3.46. The maximum atomic E-state index is 13.5. The number of carbonyl (C=O) groups is 1. The molecule has 4 heterocycles. The average molecular weight is 577 g/mol. The number of amides is 2. The summed E-state index contributed by atoms with van der Waals surface area (Å²) in [5.41, 5.74) is 9.79. The van der Waals surface area contributed by atoms with Crippen LogP contribution >= 0.6 is 0 Å². The van der Waals surface area contributed by atoms with Gasteiger partial charge in [-0.25, -0.2) is 19.7 Å². The number of methoxy groups -OCH3 is 1. The highest BCUT2D eigenvalue weighted by Gasteiger charge is 2.32. The van der Waals surface area contributed by atoms with Gasteiger partial charge in [0.25, 0.3) is 0 Å². The van der Waals surface area contributed by atoms with Crippen LogP contribution in [-0.4, -0.2) is 104 Å². The monoisotopic (exact) mass is 576 g/mol. The summed E-state index contributed by atoms with van der Waals surface area (Å²) in [6.07, 6.45) is 4.97. The molecule has 13 heteroatoms. The number of ether oxygens (including phenoxy) is 2. The Bertz CT molecular complexity index is 1320. The van der Waals surface area contributed by atoms with E-state index in [1.54, 1.807) is 24.4 Å². The third-order valence-electron chi connectivity index (χ3n) is 7.47. The number of morpholine rings is 1. The summed E-state index contributed by atoms with van der Waals surface area (Å²) in [6, 6.07) is 7.54. The van der Waals surface area contributed by atoms with Gasteiger partial charge in [0, 0.05) is 74.7 Å². The van der Waals surface area contributed by atoms with Crippen LogP contribution in [0.3, 0.4) is 0 Å². The standard InChI is InChI=1S/C29H40N10O3/c1-3-37(13-16-41-2)11-4-10-31-22-5-7-23(8-6-22)34-29(40)39-12-9-24-25(21-19-32-27(30)33-20-21)35-28(36-26(24)39)38-14-17-42-18-15-38/h5-8,19-20,31H,3-4,9-18H2,1-2H3,(H,34,40)(H2,30,32,33). The number of anilines is 5. The van der Waals surface area contributed by atoms with Crippen molar-refractivity contribution in [2.45, 2.75) is 19.8 Å². The SMILES string of the molecule is CCN(CCCNc1ccc(NC(=O)N2CCc3c(-c4cnc(N)nc4)nc(N4CCOCC4)nc32)cc1)CCOC. The molecule has 2 aromatic heterocycles. The van der Waals surface area contributed by atoms with E-state index < -0.39 is 0 Å². The number of rotatable bonds is 12. The Morgan fingerprint density at radius 2 is 1.81 bits per heavy atom. The summed E-state index contributed by atoms with van der Waals surface area (Å²) in [5.74, 6) is 1.35. The van der Waals surface area contributed by atoms with E-state index in [9.17, 15) is 4.79 Å². The van der Waals surface area contributed by atoms with Crippen LogP contribution in [0.25, 0.3) is 11.3 Å². The number of hydrogen-bond acceptors (Lipinski definition) is 11. The van der Waals surface area contributed by atoms with Gasteiger partial charge in [0.1, 0.15) is 5.82 Å². The third-order valence-corrected chi connectivity index (χ3v) is 7.47. The molecule has 0 unspecified atom stereocenters. The molecule has 1 fully saturated rings. The molecule has 4 N–H and O–H groups in total. The van der Waals surface area contributed by atoms with Crippen molar-refractivity contribution in [3.8, 4) is 11.3 Å². The van der Waals surface area contributed by atoms with E-state index >= 15 is 0 Å². The lowest BCUT2D eigenvalue weighted by molar-refractivity contribution is 0.122. The summed E-state index contributed by atoms with van der Waals surface area (Å²) >= 11 is 0. The van der Waals surface area contributed by atoms with Crippen LogP contribution in [0, 0.1) is 0 Å². The first-order chi connectivity index (χ1) is 20.6. The van der Waals surface area contributed by atoms with Crippen LogP contribution in [0.5, 0.6) is 0 Å². The van der Waals surface area contributed by atoms with Crippen molar-refractivity contribution in [3.63, 3.8) is 0 Å². The molecule has 2 aliphatic heterocycles. The number of fused-ring (bicyclic) bond motifs is 1. The van der Waals surface area contributed by atoms with Crippen LogP contribution in [0.15, 0.2) is 36.7 Å². The molecule has 0 bridgehead atoms. The molecule has 0 aliphatic carbocycles. The number of nitrogens with two attached hydrogens (primary N) is 1. The first kappa shape index (κ1) is 29.4. The normalized spacial score (nSPS) is 14.7. The van der Waals surface area contributed by atoms with E-state index in [0.717, 1.165) is 56.0 Å². The number of nitrogens with one attached hydrogen (secondary N) is 2. The molecule has 3 aromatic rings. The summed E-state index contributed by atoms with van der Waals surface area (Å²) in [4.78, 5) is 37.6. The number of carbonyl (C=O) groups excluding carboxylic acids is 1. The van der Waals surface area contributed by atoms with Crippen molar-refractivity contribution in [1.82, 2.24) is 24.8 Å². The van der Waals surface area contributed by atoms with Gasteiger partial charge in [0.05, 0.1) is 25.5 Å². The number of nitrogen functional groups attached to an aromatic ring is 1. The van der Waals surface area contributed by atoms with Crippen LogP contribution in [-0.2, 0) is 15.9 Å². The molecule has 0 saturated carbocycles. The Morgan fingerprint density at radius 1 is 1.07 bits per heavy atom. The second-order valence-electron chi connectivity index (χ2n) is 10.2. The Morgan fingerprint density at radius 3 is 2.52 bits per heavy atom. The van der Waals surface area contributed by atoms with Gasteiger partial charge in [-0.05, 0) is 50.2 Å².